The molecule has 5 rings (SSSR count). The zero-order valence-corrected chi connectivity index (χ0v) is 27.2. The lowest BCUT2D eigenvalue weighted by molar-refractivity contribution is 0.665. The van der Waals surface area contributed by atoms with Crippen molar-refractivity contribution >= 4 is 83.4 Å². The maximum absolute atomic E-state index is 6.19. The Morgan fingerprint density at radius 2 is 0.976 bits per heavy atom. The molecule has 3 aromatic carbocycles. The maximum atomic E-state index is 6.19. The number of nitrogens with two attached hydrogens (primary N) is 2. The van der Waals surface area contributed by atoms with Crippen LogP contribution in [0.2, 0.25) is 0 Å². The van der Waals surface area contributed by atoms with Gasteiger partial charge >= 0.3 is 0 Å². The third-order valence-corrected chi connectivity index (χ3v) is 6.24. The van der Waals surface area contributed by atoms with Gasteiger partial charge in [0.05, 0.1) is 22.1 Å². The lowest BCUT2D eigenvalue weighted by atomic mass is 10.1. The van der Waals surface area contributed by atoms with Crippen molar-refractivity contribution < 1.29 is 0 Å². The number of hydrogen-bond donors (Lipinski definition) is 4. The molecule has 0 aliphatic carbocycles. The van der Waals surface area contributed by atoms with Crippen LogP contribution in [0.15, 0.2) is 70.6 Å². The van der Waals surface area contributed by atoms with Crippen LogP contribution in [-0.2, 0) is 0 Å². The summed E-state index contributed by atoms with van der Waals surface area (Å²) in [5.74, 6) is 3.61. The van der Waals surface area contributed by atoms with E-state index in [2.05, 4.69) is 47.6 Å². The lowest BCUT2D eigenvalue weighted by Crippen LogP contribution is -2.14. The number of fused-ring (bicyclic) bond motifs is 2. The van der Waals surface area contributed by atoms with Crippen molar-refractivity contribution in [3.63, 3.8) is 0 Å². The molecule has 0 aliphatic rings. The summed E-state index contributed by atoms with van der Waals surface area (Å²) in [7, 11) is 0. The highest BCUT2D eigenvalue weighted by molar-refractivity contribution is 6.01. The standard InChI is InChI=1S/C30H34N8.4ClH/c1-17(2)15-33-27(31)21-9-11-23-25(13-21)37-29(35-23)19-5-7-20(8-6-19)30-36-24-12-10-22(14-26(24)38-30)28(32)34-16-18(3)4;;;;/h5-14,17-18H,15-16H2,1-4H3,(H2,31,33)(H2,32,34)(H,35,37)(H,36,38);4*1H. The van der Waals surface area contributed by atoms with E-state index in [1.807, 2.05) is 60.7 Å². The number of aromatic nitrogens is 4. The van der Waals surface area contributed by atoms with Gasteiger partial charge < -0.3 is 21.4 Å². The average Bonchev–Trinajstić information content (AvgIpc) is 3.53. The van der Waals surface area contributed by atoms with Gasteiger partial charge in [0.25, 0.3) is 0 Å². The molecule has 0 unspecified atom stereocenters. The van der Waals surface area contributed by atoms with Crippen molar-refractivity contribution in [3.05, 3.63) is 71.8 Å². The van der Waals surface area contributed by atoms with Gasteiger partial charge in [0.2, 0.25) is 0 Å². The molecule has 0 saturated carbocycles. The van der Waals surface area contributed by atoms with Crippen molar-refractivity contribution in [1.82, 2.24) is 19.9 Å². The maximum Gasteiger partial charge on any atom is 0.138 e. The van der Waals surface area contributed by atoms with Gasteiger partial charge in [-0.1, -0.05) is 52.0 Å². The molecule has 0 bridgehead atoms. The lowest BCUT2D eigenvalue weighted by Gasteiger charge is -2.03. The molecule has 0 spiro atoms. The van der Waals surface area contributed by atoms with E-state index in [0.29, 0.717) is 36.6 Å². The van der Waals surface area contributed by atoms with Gasteiger partial charge in [-0.25, -0.2) is 9.97 Å². The molecule has 0 amide bonds. The highest BCUT2D eigenvalue weighted by Gasteiger charge is 2.11. The van der Waals surface area contributed by atoms with E-state index in [1.165, 1.54) is 0 Å². The van der Waals surface area contributed by atoms with Crippen LogP contribution < -0.4 is 11.5 Å². The summed E-state index contributed by atoms with van der Waals surface area (Å²) in [6, 6.07) is 20.1. The number of nitrogens with one attached hydrogen (secondary N) is 2. The number of imidazole rings is 2. The highest BCUT2D eigenvalue weighted by Crippen LogP contribution is 2.26. The van der Waals surface area contributed by atoms with Crippen molar-refractivity contribution in [2.75, 3.05) is 13.1 Å². The second kappa shape index (κ2) is 15.8. The number of aromatic amines is 2. The van der Waals surface area contributed by atoms with E-state index >= 15 is 0 Å². The second-order valence-electron chi connectivity index (χ2n) is 10.5. The summed E-state index contributed by atoms with van der Waals surface area (Å²) in [4.78, 5) is 25.3. The van der Waals surface area contributed by atoms with E-state index in [9.17, 15) is 0 Å². The van der Waals surface area contributed by atoms with Gasteiger partial charge in [0.15, 0.2) is 0 Å². The normalized spacial score (nSPS) is 11.7. The zero-order valence-electron chi connectivity index (χ0n) is 23.9. The molecule has 0 atom stereocenters. The number of amidine groups is 2. The molecule has 0 saturated heterocycles. The third kappa shape index (κ3) is 8.38. The first-order chi connectivity index (χ1) is 18.3. The molecular formula is C30H38Cl4N8. The topological polar surface area (TPSA) is 134 Å². The number of nitrogens with zero attached hydrogens (tertiary/aromatic N) is 4. The molecule has 0 radical (unpaired) electrons. The van der Waals surface area contributed by atoms with E-state index in [4.69, 9.17) is 21.4 Å². The predicted octanol–water partition coefficient (Wildman–Crippen LogP) is 7.18. The molecule has 6 N–H and O–H groups in total. The minimum atomic E-state index is 0. The van der Waals surface area contributed by atoms with E-state index < -0.39 is 0 Å². The van der Waals surface area contributed by atoms with Crippen molar-refractivity contribution in [3.8, 4) is 22.8 Å². The van der Waals surface area contributed by atoms with Crippen LogP contribution in [0.1, 0.15) is 38.8 Å². The van der Waals surface area contributed by atoms with Gasteiger partial charge in [-0.05, 0) is 48.2 Å². The Hall–Kier alpha value is -3.30. The summed E-state index contributed by atoms with van der Waals surface area (Å²) < 4.78 is 0. The summed E-state index contributed by atoms with van der Waals surface area (Å²) >= 11 is 0. The summed E-state index contributed by atoms with van der Waals surface area (Å²) in [5.41, 5.74) is 19.8. The van der Waals surface area contributed by atoms with Gasteiger partial charge in [-0.15, -0.1) is 49.6 Å². The Morgan fingerprint density at radius 1 is 0.619 bits per heavy atom. The minimum Gasteiger partial charge on any atom is -0.384 e. The summed E-state index contributed by atoms with van der Waals surface area (Å²) in [6.45, 7) is 9.90. The van der Waals surface area contributed by atoms with E-state index in [-0.39, 0.29) is 49.6 Å². The quantitative estimate of drug-likeness (QED) is 0.104. The Kier molecular flexibility index (Phi) is 13.8. The molecule has 226 valence electrons. The molecule has 2 aromatic heterocycles. The van der Waals surface area contributed by atoms with Gasteiger partial charge in [0.1, 0.15) is 23.3 Å². The Labute approximate surface area is 270 Å². The van der Waals surface area contributed by atoms with Gasteiger partial charge in [-0.2, -0.15) is 0 Å². The molecule has 8 nitrogen and oxygen atoms in total. The van der Waals surface area contributed by atoms with Crippen LogP contribution in [0.4, 0.5) is 0 Å². The summed E-state index contributed by atoms with van der Waals surface area (Å²) in [6.07, 6.45) is 0. The monoisotopic (exact) mass is 650 g/mol. The Bertz CT molecular complexity index is 1530. The van der Waals surface area contributed by atoms with Crippen LogP contribution in [-0.4, -0.2) is 44.7 Å². The molecule has 2 heterocycles. The van der Waals surface area contributed by atoms with Crippen LogP contribution >= 0.6 is 49.6 Å². The number of halogens is 4. The predicted molar refractivity (Wildman–Crippen MR) is 186 cm³/mol. The highest BCUT2D eigenvalue weighted by atomic mass is 35.5. The van der Waals surface area contributed by atoms with Crippen LogP contribution in [0.5, 0.6) is 0 Å². The fourth-order valence-corrected chi connectivity index (χ4v) is 4.14. The first-order valence-corrected chi connectivity index (χ1v) is 13.0. The number of rotatable bonds is 8. The van der Waals surface area contributed by atoms with Crippen LogP contribution in [0.3, 0.4) is 0 Å². The molecule has 12 heteroatoms. The molecule has 5 aromatic rings. The second-order valence-corrected chi connectivity index (χ2v) is 10.5. The smallest absolute Gasteiger partial charge is 0.138 e. The Balaban J connectivity index is 0.00000220. The van der Waals surface area contributed by atoms with Gasteiger partial charge in [0, 0.05) is 35.3 Å². The SMILES string of the molecule is CC(C)CN=C(N)c1ccc2nc(-c3ccc(-c4nc5ccc(C(N)=NCC(C)C)cc5[nH]4)cc3)[nH]c2c1.Cl.Cl.Cl.Cl. The number of hydrogen-bond acceptors (Lipinski definition) is 4. The van der Waals surface area contributed by atoms with Crippen LogP contribution in [0, 0.1) is 11.8 Å². The van der Waals surface area contributed by atoms with Crippen molar-refractivity contribution in [1.29, 1.82) is 0 Å². The van der Waals surface area contributed by atoms with Gasteiger partial charge in [-0.3, -0.25) is 9.98 Å². The Morgan fingerprint density at radius 3 is 1.31 bits per heavy atom. The third-order valence-electron chi connectivity index (χ3n) is 6.24. The van der Waals surface area contributed by atoms with Crippen molar-refractivity contribution in [2.24, 2.45) is 33.3 Å². The molecular weight excluding hydrogens is 614 g/mol. The molecule has 0 fully saturated rings. The van der Waals surface area contributed by atoms with Crippen LogP contribution in [0.25, 0.3) is 44.8 Å². The first-order valence-electron chi connectivity index (χ1n) is 13.0. The van der Waals surface area contributed by atoms with E-state index in [1.54, 1.807) is 0 Å². The number of aliphatic imine (C=N–C) groups is 2. The molecule has 0 aliphatic heterocycles. The largest absolute Gasteiger partial charge is 0.384 e. The fourth-order valence-electron chi connectivity index (χ4n) is 4.14. The zero-order chi connectivity index (χ0) is 26.8. The number of H-pyrrole nitrogens is 2. The first kappa shape index (κ1) is 36.7. The molecule has 42 heavy (non-hydrogen) atoms. The average molecular weight is 653 g/mol. The van der Waals surface area contributed by atoms with E-state index in [0.717, 1.165) is 56.0 Å². The summed E-state index contributed by atoms with van der Waals surface area (Å²) in [5, 5.41) is 0. The van der Waals surface area contributed by atoms with Crippen molar-refractivity contribution in [2.45, 2.75) is 27.7 Å². The minimum absolute atomic E-state index is 0. The number of benzene rings is 3. The fraction of sp³-hybridized carbons (Fsp3) is 0.267.